The Kier molecular flexibility index (Phi) is 4.31. The number of nitrogens with zero attached hydrogens (tertiary/aromatic N) is 1. The normalized spacial score (nSPS) is 12.2. The fourth-order valence-electron chi connectivity index (χ4n) is 1.42. The zero-order chi connectivity index (χ0) is 12.1. The zero-order valence-corrected chi connectivity index (χ0v) is 9.55. The smallest absolute Gasteiger partial charge is 0.226 e. The Balaban J connectivity index is 2.54. The van der Waals surface area contributed by atoms with Gasteiger partial charge in [-0.15, -0.1) is 0 Å². The van der Waals surface area contributed by atoms with E-state index in [1.165, 1.54) is 4.90 Å². The molecule has 0 bridgehead atoms. The molecule has 1 aromatic rings. The molecule has 1 amide bonds. The third kappa shape index (κ3) is 3.90. The molecule has 4 nitrogen and oxygen atoms in total. The predicted octanol–water partition coefficient (Wildman–Crippen LogP) is 0.774. The van der Waals surface area contributed by atoms with Crippen LogP contribution in [0.2, 0.25) is 0 Å². The molecule has 0 aliphatic rings. The van der Waals surface area contributed by atoms with Crippen LogP contribution in [0.4, 0.5) is 0 Å². The summed E-state index contributed by atoms with van der Waals surface area (Å²) in [6, 6.07) is 6.53. The quantitative estimate of drug-likeness (QED) is 0.792. The highest BCUT2D eigenvalue weighted by atomic mass is 16.3. The summed E-state index contributed by atoms with van der Waals surface area (Å²) in [5, 5.41) is 18.2. The van der Waals surface area contributed by atoms with Crippen molar-refractivity contribution in [3.05, 3.63) is 29.8 Å². The fourth-order valence-corrected chi connectivity index (χ4v) is 1.42. The molecule has 0 saturated carbocycles. The van der Waals surface area contributed by atoms with Crippen molar-refractivity contribution in [3.8, 4) is 5.75 Å². The number of aromatic hydroxyl groups is 1. The van der Waals surface area contributed by atoms with Gasteiger partial charge in [0.05, 0.1) is 12.5 Å². The number of carbonyl (C=O) groups is 1. The van der Waals surface area contributed by atoms with E-state index < -0.39 is 6.10 Å². The van der Waals surface area contributed by atoms with Crippen molar-refractivity contribution in [2.75, 3.05) is 13.6 Å². The lowest BCUT2D eigenvalue weighted by Gasteiger charge is -2.18. The van der Waals surface area contributed by atoms with Gasteiger partial charge in [0.15, 0.2) is 0 Å². The molecule has 0 fully saturated rings. The van der Waals surface area contributed by atoms with Crippen LogP contribution in [0.1, 0.15) is 12.5 Å². The Morgan fingerprint density at radius 2 is 1.94 bits per heavy atom. The lowest BCUT2D eigenvalue weighted by Crippen LogP contribution is -2.34. The van der Waals surface area contributed by atoms with E-state index in [0.29, 0.717) is 6.54 Å². The Labute approximate surface area is 95.1 Å². The number of rotatable bonds is 4. The fraction of sp³-hybridized carbons (Fsp3) is 0.417. The molecule has 0 aliphatic heterocycles. The summed E-state index contributed by atoms with van der Waals surface area (Å²) in [6.45, 7) is 1.97. The lowest BCUT2D eigenvalue weighted by atomic mass is 10.1. The van der Waals surface area contributed by atoms with Crippen LogP contribution in [0.15, 0.2) is 24.3 Å². The molecule has 1 rings (SSSR count). The minimum Gasteiger partial charge on any atom is -0.508 e. The molecular formula is C12H17NO3. The number of phenolic OH excluding ortho intramolecular Hbond substituents is 1. The second-order valence-electron chi connectivity index (χ2n) is 3.97. The van der Waals surface area contributed by atoms with Crippen LogP contribution < -0.4 is 0 Å². The minimum absolute atomic E-state index is 0.0495. The topological polar surface area (TPSA) is 60.8 Å². The van der Waals surface area contributed by atoms with Gasteiger partial charge >= 0.3 is 0 Å². The van der Waals surface area contributed by atoms with E-state index in [-0.39, 0.29) is 18.1 Å². The van der Waals surface area contributed by atoms with Crippen molar-refractivity contribution >= 4 is 5.91 Å². The van der Waals surface area contributed by atoms with Gasteiger partial charge in [0, 0.05) is 13.6 Å². The van der Waals surface area contributed by atoms with Crippen molar-refractivity contribution in [2.45, 2.75) is 19.4 Å². The van der Waals surface area contributed by atoms with Gasteiger partial charge in [0.1, 0.15) is 5.75 Å². The summed E-state index contributed by atoms with van der Waals surface area (Å²) in [5.41, 5.74) is 0.847. The molecule has 16 heavy (non-hydrogen) atoms. The van der Waals surface area contributed by atoms with Crippen LogP contribution in [-0.4, -0.2) is 40.7 Å². The van der Waals surface area contributed by atoms with Crippen LogP contribution in [-0.2, 0) is 11.2 Å². The van der Waals surface area contributed by atoms with Gasteiger partial charge in [0.2, 0.25) is 5.91 Å². The first-order valence-corrected chi connectivity index (χ1v) is 5.19. The third-order valence-corrected chi connectivity index (χ3v) is 2.26. The second kappa shape index (κ2) is 5.51. The molecule has 1 atom stereocenters. The first-order valence-electron chi connectivity index (χ1n) is 5.19. The van der Waals surface area contributed by atoms with Crippen LogP contribution in [0, 0.1) is 0 Å². The summed E-state index contributed by atoms with van der Waals surface area (Å²) >= 11 is 0. The molecule has 0 spiro atoms. The van der Waals surface area contributed by atoms with Crippen molar-refractivity contribution < 1.29 is 15.0 Å². The van der Waals surface area contributed by atoms with Gasteiger partial charge < -0.3 is 15.1 Å². The predicted molar refractivity (Wildman–Crippen MR) is 61.1 cm³/mol. The maximum atomic E-state index is 11.7. The molecular weight excluding hydrogens is 206 g/mol. The Hall–Kier alpha value is -1.55. The Morgan fingerprint density at radius 3 is 2.44 bits per heavy atom. The highest BCUT2D eigenvalue weighted by Gasteiger charge is 2.11. The van der Waals surface area contributed by atoms with E-state index in [9.17, 15) is 4.79 Å². The average molecular weight is 223 g/mol. The lowest BCUT2D eigenvalue weighted by molar-refractivity contribution is -0.130. The number of phenols is 1. The number of aliphatic hydroxyl groups excluding tert-OH is 1. The first kappa shape index (κ1) is 12.5. The molecule has 0 heterocycles. The van der Waals surface area contributed by atoms with E-state index in [2.05, 4.69) is 0 Å². The zero-order valence-electron chi connectivity index (χ0n) is 9.55. The van der Waals surface area contributed by atoms with Gasteiger partial charge in [-0.25, -0.2) is 0 Å². The molecule has 0 aliphatic carbocycles. The van der Waals surface area contributed by atoms with Crippen LogP contribution in [0.25, 0.3) is 0 Å². The maximum absolute atomic E-state index is 11.7. The third-order valence-electron chi connectivity index (χ3n) is 2.26. The number of benzene rings is 1. The molecule has 1 aromatic carbocycles. The molecule has 0 aromatic heterocycles. The summed E-state index contributed by atoms with van der Waals surface area (Å²) < 4.78 is 0. The maximum Gasteiger partial charge on any atom is 0.226 e. The van der Waals surface area contributed by atoms with E-state index in [0.717, 1.165) is 5.56 Å². The van der Waals surface area contributed by atoms with Crippen LogP contribution in [0.5, 0.6) is 5.75 Å². The van der Waals surface area contributed by atoms with Gasteiger partial charge in [-0.2, -0.15) is 0 Å². The number of likely N-dealkylation sites (N-methyl/N-ethyl adjacent to an activating group) is 1. The number of carbonyl (C=O) groups excluding carboxylic acids is 1. The van der Waals surface area contributed by atoms with Crippen LogP contribution >= 0.6 is 0 Å². The van der Waals surface area contributed by atoms with E-state index in [4.69, 9.17) is 10.2 Å². The summed E-state index contributed by atoms with van der Waals surface area (Å²) in [7, 11) is 1.66. The Bertz CT molecular complexity index is 346. The number of hydrogen-bond donors (Lipinski definition) is 2. The molecule has 1 unspecified atom stereocenters. The number of amides is 1. The second-order valence-corrected chi connectivity index (χ2v) is 3.97. The average Bonchev–Trinajstić information content (AvgIpc) is 2.20. The van der Waals surface area contributed by atoms with Crippen molar-refractivity contribution in [1.29, 1.82) is 0 Å². The first-order chi connectivity index (χ1) is 7.49. The molecule has 2 N–H and O–H groups in total. The van der Waals surface area contributed by atoms with Gasteiger partial charge in [-0.1, -0.05) is 12.1 Å². The van der Waals surface area contributed by atoms with Gasteiger partial charge in [0.25, 0.3) is 0 Å². The minimum atomic E-state index is -0.520. The molecule has 0 radical (unpaired) electrons. The van der Waals surface area contributed by atoms with Crippen molar-refractivity contribution in [3.63, 3.8) is 0 Å². The van der Waals surface area contributed by atoms with E-state index in [1.54, 1.807) is 38.2 Å². The monoisotopic (exact) mass is 223 g/mol. The summed E-state index contributed by atoms with van der Waals surface area (Å²) in [5.74, 6) is 0.139. The van der Waals surface area contributed by atoms with Crippen molar-refractivity contribution in [2.24, 2.45) is 0 Å². The number of hydrogen-bond acceptors (Lipinski definition) is 3. The molecule has 0 saturated heterocycles. The number of aliphatic hydroxyl groups is 1. The summed E-state index contributed by atoms with van der Waals surface area (Å²) in [6.07, 6.45) is -0.238. The highest BCUT2D eigenvalue weighted by Crippen LogP contribution is 2.10. The Morgan fingerprint density at radius 1 is 1.38 bits per heavy atom. The SMILES string of the molecule is CC(O)CN(C)C(=O)Cc1ccc(O)cc1. The van der Waals surface area contributed by atoms with E-state index in [1.807, 2.05) is 0 Å². The standard InChI is InChI=1S/C12H17NO3/c1-9(14)8-13(2)12(16)7-10-3-5-11(15)6-4-10/h3-6,9,14-15H,7-8H2,1-2H3. The van der Waals surface area contributed by atoms with Gasteiger partial charge in [-0.05, 0) is 24.6 Å². The molecule has 88 valence electrons. The summed E-state index contributed by atoms with van der Waals surface area (Å²) in [4.78, 5) is 13.2. The largest absolute Gasteiger partial charge is 0.508 e. The molecule has 4 heteroatoms. The van der Waals surface area contributed by atoms with Crippen molar-refractivity contribution in [1.82, 2.24) is 4.90 Å². The van der Waals surface area contributed by atoms with E-state index >= 15 is 0 Å². The van der Waals surface area contributed by atoms with Gasteiger partial charge in [-0.3, -0.25) is 4.79 Å². The highest BCUT2D eigenvalue weighted by molar-refractivity contribution is 5.78. The van der Waals surface area contributed by atoms with Crippen LogP contribution in [0.3, 0.4) is 0 Å².